The Hall–Kier alpha value is -5.02. The maximum Gasteiger partial charge on any atom is 0.309 e. The monoisotopic (exact) mass is 840 g/mol. The number of ether oxygens (including phenoxy) is 3. The molecule has 2 aromatic carbocycles. The number of methoxy groups -OCH3 is 2. The van der Waals surface area contributed by atoms with E-state index in [-0.39, 0.29) is 11.9 Å². The Morgan fingerprint density at radius 2 is 1.18 bits per heavy atom. The number of carbonyl (C=O) groups is 2. The van der Waals surface area contributed by atoms with E-state index >= 15 is 0 Å². The van der Waals surface area contributed by atoms with Gasteiger partial charge in [-0.2, -0.15) is 0 Å². The molecule has 6 aromatic rings. The number of carbonyl (C=O) groups excluding carboxylic acids is 1. The minimum Gasteiger partial charge on any atom is -0.495 e. The van der Waals surface area contributed by atoms with Crippen LogP contribution in [-0.4, -0.2) is 67.8 Å². The first kappa shape index (κ1) is 39.2. The number of fused-ring (bicyclic) bond motifs is 6. The van der Waals surface area contributed by atoms with Crippen molar-refractivity contribution in [1.82, 2.24) is 29.9 Å². The van der Waals surface area contributed by atoms with Crippen LogP contribution in [0.4, 0.5) is 23.0 Å². The highest BCUT2D eigenvalue weighted by Crippen LogP contribution is 2.41. The van der Waals surface area contributed by atoms with Gasteiger partial charge in [-0.15, -0.1) is 0 Å². The summed E-state index contributed by atoms with van der Waals surface area (Å²) in [5.74, 6) is 0.688. The number of halogens is 4. The van der Waals surface area contributed by atoms with E-state index in [0.29, 0.717) is 92.5 Å². The standard InChI is InChI=1S/C20H20Cl2N4O3.C18H16Cl2N4O3/c1-3-29-20(27)10-4-5-14-11(6-10)17-18(25-14)23-9-24-19(17)26-15-7-12(21)13(22)8-16(15)28-2;1-27-14-6-11(20)10(19)5-13(14)24-17-15-9-4-8(18(25)26)2-3-12(9)23-16(15)21-7-22-17/h7-10H,3-6H2,1-2H3,(H2,23,24,25,26);5-8H,2-4H2,1H3,(H,25,26)(H2,21,22,23,24). The summed E-state index contributed by atoms with van der Waals surface area (Å²) in [6, 6.07) is 6.62. The number of anilines is 4. The molecule has 0 aliphatic heterocycles. The van der Waals surface area contributed by atoms with Crippen molar-refractivity contribution in [3.05, 3.63) is 79.5 Å². The molecular weight excluding hydrogens is 806 g/mol. The Morgan fingerprint density at radius 3 is 1.62 bits per heavy atom. The summed E-state index contributed by atoms with van der Waals surface area (Å²) in [5, 5.41) is 19.1. The van der Waals surface area contributed by atoms with Crippen LogP contribution in [0.25, 0.3) is 22.1 Å². The van der Waals surface area contributed by atoms with Crippen LogP contribution < -0.4 is 20.1 Å². The average molecular weight is 843 g/mol. The molecule has 4 aromatic heterocycles. The van der Waals surface area contributed by atoms with Crippen LogP contribution in [0.5, 0.6) is 11.5 Å². The summed E-state index contributed by atoms with van der Waals surface area (Å²) < 4.78 is 16.0. The van der Waals surface area contributed by atoms with E-state index in [1.165, 1.54) is 19.8 Å². The average Bonchev–Trinajstić information content (AvgIpc) is 3.76. The second-order valence-electron chi connectivity index (χ2n) is 13.2. The summed E-state index contributed by atoms with van der Waals surface area (Å²) in [4.78, 5) is 47.8. The minimum absolute atomic E-state index is 0.162. The number of hydrogen-bond acceptors (Lipinski definition) is 11. The lowest BCUT2D eigenvalue weighted by Gasteiger charge is -2.21. The van der Waals surface area contributed by atoms with Gasteiger partial charge in [0.1, 0.15) is 47.1 Å². The second-order valence-corrected chi connectivity index (χ2v) is 14.8. The first-order valence-corrected chi connectivity index (χ1v) is 19.2. The third kappa shape index (κ3) is 7.83. The van der Waals surface area contributed by atoms with Crippen LogP contribution in [0.2, 0.25) is 20.1 Å². The number of aromatic amines is 2. The lowest BCUT2D eigenvalue weighted by atomic mass is 9.86. The fourth-order valence-electron chi connectivity index (χ4n) is 7.19. The number of nitrogens with zero attached hydrogens (tertiary/aromatic N) is 4. The molecule has 292 valence electrons. The molecule has 2 atom stereocenters. The van der Waals surface area contributed by atoms with E-state index in [1.807, 2.05) is 6.92 Å². The Balaban J connectivity index is 0.000000172. The number of rotatable bonds is 9. The Kier molecular flexibility index (Phi) is 11.6. The number of hydrogen-bond donors (Lipinski definition) is 5. The number of aromatic nitrogens is 6. The number of benzene rings is 2. The van der Waals surface area contributed by atoms with Gasteiger partial charge in [0.25, 0.3) is 0 Å². The molecule has 0 saturated heterocycles. The minimum atomic E-state index is -0.785. The number of H-pyrrole nitrogens is 2. The van der Waals surface area contributed by atoms with Gasteiger partial charge in [0.15, 0.2) is 0 Å². The molecular formula is C38H36Cl4N8O6. The molecule has 0 bridgehead atoms. The van der Waals surface area contributed by atoms with Crippen LogP contribution in [0.1, 0.15) is 42.3 Å². The predicted octanol–water partition coefficient (Wildman–Crippen LogP) is 8.89. The molecule has 5 N–H and O–H groups in total. The molecule has 4 heterocycles. The highest BCUT2D eigenvalue weighted by molar-refractivity contribution is 6.43. The summed E-state index contributed by atoms with van der Waals surface area (Å²) in [6.45, 7) is 2.20. The molecule has 0 amide bonds. The van der Waals surface area contributed by atoms with Gasteiger partial charge in [-0.1, -0.05) is 46.4 Å². The SMILES string of the molecule is CCOC(=O)C1CCc2[nH]c3ncnc(Nc4cc(Cl)c(Cl)cc4OC)c3c2C1.COc1cc(Cl)c(Cl)cc1Nc1ncnc2[nH]c3c(c12)CC(C(=O)O)CC3. The molecule has 0 saturated carbocycles. The number of carboxylic acids is 1. The molecule has 2 aliphatic rings. The molecule has 0 spiro atoms. The summed E-state index contributed by atoms with van der Waals surface area (Å²) in [7, 11) is 3.10. The Bertz CT molecular complexity index is 2470. The van der Waals surface area contributed by atoms with Crippen molar-refractivity contribution in [1.29, 1.82) is 0 Å². The Morgan fingerprint density at radius 1 is 0.732 bits per heavy atom. The summed E-state index contributed by atoms with van der Waals surface area (Å²) in [5.41, 5.74) is 6.68. The highest BCUT2D eigenvalue weighted by Gasteiger charge is 2.31. The van der Waals surface area contributed by atoms with Crippen molar-refractivity contribution in [2.24, 2.45) is 11.8 Å². The van der Waals surface area contributed by atoms with Crippen molar-refractivity contribution in [2.75, 3.05) is 31.5 Å². The van der Waals surface area contributed by atoms with Gasteiger partial charge in [-0.3, -0.25) is 9.59 Å². The van der Waals surface area contributed by atoms with Gasteiger partial charge in [0.2, 0.25) is 0 Å². The van der Waals surface area contributed by atoms with Crippen molar-refractivity contribution >= 4 is 103 Å². The maximum absolute atomic E-state index is 12.3. The zero-order valence-electron chi connectivity index (χ0n) is 30.4. The Labute approximate surface area is 340 Å². The smallest absolute Gasteiger partial charge is 0.309 e. The molecule has 8 rings (SSSR count). The highest BCUT2D eigenvalue weighted by atomic mass is 35.5. The second kappa shape index (κ2) is 16.6. The molecule has 0 fully saturated rings. The van der Waals surface area contributed by atoms with E-state index in [0.717, 1.165) is 51.8 Å². The zero-order chi connectivity index (χ0) is 39.7. The van der Waals surface area contributed by atoms with Crippen molar-refractivity contribution in [3.63, 3.8) is 0 Å². The van der Waals surface area contributed by atoms with Crippen molar-refractivity contribution in [2.45, 2.75) is 45.4 Å². The van der Waals surface area contributed by atoms with Crippen LogP contribution in [0, 0.1) is 11.8 Å². The predicted molar refractivity (Wildman–Crippen MR) is 216 cm³/mol. The third-order valence-corrected chi connectivity index (χ3v) is 11.4. The van der Waals surface area contributed by atoms with E-state index in [2.05, 4.69) is 40.5 Å². The van der Waals surface area contributed by atoms with Crippen LogP contribution in [0.3, 0.4) is 0 Å². The van der Waals surface area contributed by atoms with Crippen LogP contribution >= 0.6 is 46.4 Å². The molecule has 56 heavy (non-hydrogen) atoms. The first-order chi connectivity index (χ1) is 27.0. The van der Waals surface area contributed by atoms with E-state index in [4.69, 9.17) is 60.6 Å². The number of aliphatic carboxylic acids is 1. The van der Waals surface area contributed by atoms with Crippen molar-refractivity contribution in [3.8, 4) is 11.5 Å². The van der Waals surface area contributed by atoms with Gasteiger partial charge >= 0.3 is 11.9 Å². The quantitative estimate of drug-likeness (QED) is 0.0871. The maximum atomic E-state index is 12.3. The fourth-order valence-corrected chi connectivity index (χ4v) is 7.82. The number of esters is 1. The van der Waals surface area contributed by atoms with Gasteiger partial charge < -0.3 is 39.9 Å². The number of aryl methyl sites for hydroxylation is 2. The lowest BCUT2D eigenvalue weighted by Crippen LogP contribution is -2.24. The van der Waals surface area contributed by atoms with E-state index in [9.17, 15) is 14.7 Å². The first-order valence-electron chi connectivity index (χ1n) is 17.7. The van der Waals surface area contributed by atoms with E-state index < -0.39 is 11.9 Å². The molecule has 18 heteroatoms. The number of carboxylic acid groups (broad SMARTS) is 1. The van der Waals surface area contributed by atoms with Gasteiger partial charge in [0, 0.05) is 23.5 Å². The normalized spacial score (nSPS) is 16.0. The van der Waals surface area contributed by atoms with Crippen LogP contribution in [0.15, 0.2) is 36.9 Å². The van der Waals surface area contributed by atoms with Crippen LogP contribution in [-0.2, 0) is 40.0 Å². The molecule has 2 aliphatic carbocycles. The largest absolute Gasteiger partial charge is 0.495 e. The molecule has 14 nitrogen and oxygen atoms in total. The lowest BCUT2D eigenvalue weighted by molar-refractivity contribution is -0.148. The fraction of sp³-hybridized carbons (Fsp3) is 0.316. The summed E-state index contributed by atoms with van der Waals surface area (Å²) in [6.07, 6.45) is 6.72. The molecule has 0 radical (unpaired) electrons. The number of nitrogens with one attached hydrogen (secondary N) is 4. The third-order valence-electron chi connectivity index (χ3n) is 9.91. The van der Waals surface area contributed by atoms with Gasteiger partial charge in [0.05, 0.1) is 74.9 Å². The van der Waals surface area contributed by atoms with Gasteiger partial charge in [-0.25, -0.2) is 19.9 Å². The summed E-state index contributed by atoms with van der Waals surface area (Å²) >= 11 is 24.5. The van der Waals surface area contributed by atoms with E-state index in [1.54, 1.807) is 31.4 Å². The topological polar surface area (TPSA) is 189 Å². The zero-order valence-corrected chi connectivity index (χ0v) is 33.4. The molecule has 2 unspecified atom stereocenters. The van der Waals surface area contributed by atoms with Gasteiger partial charge in [-0.05, 0) is 68.7 Å². The van der Waals surface area contributed by atoms with Crippen molar-refractivity contribution < 1.29 is 28.9 Å².